The second-order valence-electron chi connectivity index (χ2n) is 8.32. The lowest BCUT2D eigenvalue weighted by Crippen LogP contribution is -2.22. The number of amides is 1. The first-order chi connectivity index (χ1) is 16.7. The van der Waals surface area contributed by atoms with Crippen molar-refractivity contribution in [3.63, 3.8) is 0 Å². The second kappa shape index (κ2) is 12.9. The number of hydrogen-bond donors (Lipinski definition) is 1. The molecular weight excluding hydrogens is 472 g/mol. The summed E-state index contributed by atoms with van der Waals surface area (Å²) in [4.78, 5) is 23.8. The molecule has 0 saturated carbocycles. The molecule has 8 nitrogen and oxygen atoms in total. The molecule has 34 heavy (non-hydrogen) atoms. The summed E-state index contributed by atoms with van der Waals surface area (Å²) < 4.78 is 12.9. The molecule has 3 heterocycles. The van der Waals surface area contributed by atoms with Gasteiger partial charge in [-0.25, -0.2) is 0 Å². The fourth-order valence-electron chi connectivity index (χ4n) is 3.75. The number of ether oxygens (including phenoxy) is 1. The van der Waals surface area contributed by atoms with Crippen molar-refractivity contribution in [2.75, 3.05) is 12.4 Å². The topological polar surface area (TPSA) is 99.2 Å². The van der Waals surface area contributed by atoms with E-state index in [0.29, 0.717) is 36.3 Å². The summed E-state index contributed by atoms with van der Waals surface area (Å²) in [6, 6.07) is 6.65. The van der Waals surface area contributed by atoms with Gasteiger partial charge in [0.1, 0.15) is 17.0 Å². The lowest BCUT2D eigenvalue weighted by Gasteiger charge is -2.07. The molecule has 1 aliphatic heterocycles. The fourth-order valence-corrected chi connectivity index (χ4v) is 6.77. The average Bonchev–Trinajstić information content (AvgIpc) is 3.53. The quantitative estimate of drug-likeness (QED) is 0.268. The fraction of sp³-hybridized carbons (Fsp3) is 0.500. The molecule has 0 aliphatic carbocycles. The summed E-state index contributed by atoms with van der Waals surface area (Å²) in [5.74, 6) is 2.02. The predicted octanol–water partition coefficient (Wildman–Crippen LogP) is 4.57. The third-order valence-corrected chi connectivity index (χ3v) is 8.65. The number of nitrogens with zero attached hydrogens (tertiary/aromatic N) is 3. The Kier molecular flexibility index (Phi) is 9.32. The lowest BCUT2D eigenvalue weighted by molar-refractivity contribution is -0.121. The minimum atomic E-state index is -0.0623. The van der Waals surface area contributed by atoms with Crippen molar-refractivity contribution >= 4 is 38.5 Å². The van der Waals surface area contributed by atoms with Crippen LogP contribution in [0.15, 0.2) is 45.9 Å². The molecule has 10 heteroatoms. The Balaban J connectivity index is 1.08. The smallest absolute Gasteiger partial charge is 0.220 e. The van der Waals surface area contributed by atoms with Gasteiger partial charge in [0.15, 0.2) is 5.43 Å². The molecule has 4 rings (SSSR count). The third kappa shape index (κ3) is 7.53. The van der Waals surface area contributed by atoms with Gasteiger partial charge in [-0.05, 0) is 44.2 Å². The maximum atomic E-state index is 12.1. The first-order valence-corrected chi connectivity index (χ1v) is 14.1. The van der Waals surface area contributed by atoms with E-state index in [1.54, 1.807) is 22.9 Å². The number of aromatic nitrogens is 3. The number of rotatable bonds is 13. The highest BCUT2D eigenvalue weighted by molar-refractivity contribution is 8.77. The van der Waals surface area contributed by atoms with Crippen molar-refractivity contribution in [1.82, 2.24) is 20.3 Å². The normalized spacial score (nSPS) is 15.6. The standard InChI is InChI=1S/C24H30N4O4S2/c29-22-9-13-32-23-15-19(7-8-21(22)23)31-12-4-3-11-28-17-18(26-27-28)16-25-24(30)6-2-1-5-20-10-14-33-34-20/h7-9,13,15,17,20H,1-6,10-12,14,16H2,(H,25,30). The average molecular weight is 503 g/mol. The van der Waals surface area contributed by atoms with Crippen LogP contribution in [0.25, 0.3) is 11.0 Å². The predicted molar refractivity (Wildman–Crippen MR) is 136 cm³/mol. The Bertz CT molecular complexity index is 1130. The van der Waals surface area contributed by atoms with Crippen molar-refractivity contribution < 1.29 is 13.9 Å². The van der Waals surface area contributed by atoms with Crippen molar-refractivity contribution in [1.29, 1.82) is 0 Å². The van der Waals surface area contributed by atoms with Crippen LogP contribution in [-0.4, -0.2) is 38.5 Å². The molecule has 182 valence electrons. The van der Waals surface area contributed by atoms with Crippen LogP contribution in [0.1, 0.15) is 50.6 Å². The molecule has 1 fully saturated rings. The summed E-state index contributed by atoms with van der Waals surface area (Å²) >= 11 is 0. The van der Waals surface area contributed by atoms with Gasteiger partial charge in [-0.3, -0.25) is 14.3 Å². The van der Waals surface area contributed by atoms with Crippen molar-refractivity contribution in [2.24, 2.45) is 0 Å². The van der Waals surface area contributed by atoms with E-state index >= 15 is 0 Å². The number of carbonyl (C=O) groups is 1. The molecule has 1 aromatic carbocycles. The van der Waals surface area contributed by atoms with E-state index in [0.717, 1.165) is 43.2 Å². The van der Waals surface area contributed by atoms with Crippen LogP contribution < -0.4 is 15.5 Å². The number of nitrogens with one attached hydrogen (secondary N) is 1. The Morgan fingerprint density at radius 3 is 3.06 bits per heavy atom. The van der Waals surface area contributed by atoms with Gasteiger partial charge in [0, 0.05) is 36.1 Å². The summed E-state index contributed by atoms with van der Waals surface area (Å²) in [5, 5.41) is 12.5. The highest BCUT2D eigenvalue weighted by Gasteiger charge is 2.15. The monoisotopic (exact) mass is 502 g/mol. The van der Waals surface area contributed by atoms with Gasteiger partial charge in [0.25, 0.3) is 0 Å². The van der Waals surface area contributed by atoms with Crippen LogP contribution in [0, 0.1) is 0 Å². The first kappa shape index (κ1) is 24.7. The van der Waals surface area contributed by atoms with E-state index in [1.165, 1.54) is 30.9 Å². The van der Waals surface area contributed by atoms with Gasteiger partial charge >= 0.3 is 0 Å². The van der Waals surface area contributed by atoms with Crippen LogP contribution in [0.4, 0.5) is 0 Å². The number of unbranched alkanes of at least 4 members (excludes halogenated alkanes) is 2. The Morgan fingerprint density at radius 1 is 1.24 bits per heavy atom. The van der Waals surface area contributed by atoms with Crippen molar-refractivity contribution in [2.45, 2.75) is 63.3 Å². The maximum absolute atomic E-state index is 12.1. The van der Waals surface area contributed by atoms with E-state index in [9.17, 15) is 9.59 Å². The molecule has 1 unspecified atom stereocenters. The van der Waals surface area contributed by atoms with Crippen LogP contribution in [0.3, 0.4) is 0 Å². The maximum Gasteiger partial charge on any atom is 0.220 e. The van der Waals surface area contributed by atoms with E-state index in [-0.39, 0.29) is 11.3 Å². The largest absolute Gasteiger partial charge is 0.493 e. The number of aryl methyl sites for hydroxylation is 1. The van der Waals surface area contributed by atoms with Crippen molar-refractivity contribution in [3.05, 3.63) is 52.6 Å². The molecule has 0 radical (unpaired) electrons. The minimum absolute atomic E-state index is 0.0623. The van der Waals surface area contributed by atoms with Gasteiger partial charge in [-0.1, -0.05) is 33.2 Å². The van der Waals surface area contributed by atoms with E-state index in [2.05, 4.69) is 15.6 Å². The van der Waals surface area contributed by atoms with Gasteiger partial charge in [0.2, 0.25) is 5.91 Å². The molecule has 0 spiro atoms. The second-order valence-corrected chi connectivity index (χ2v) is 11.1. The van der Waals surface area contributed by atoms with Gasteiger partial charge < -0.3 is 14.5 Å². The molecule has 1 atom stereocenters. The lowest BCUT2D eigenvalue weighted by atomic mass is 10.1. The Morgan fingerprint density at radius 2 is 2.18 bits per heavy atom. The van der Waals surface area contributed by atoms with Crippen LogP contribution >= 0.6 is 21.6 Å². The number of benzene rings is 1. The van der Waals surface area contributed by atoms with Gasteiger partial charge in [0.05, 0.1) is 31.0 Å². The van der Waals surface area contributed by atoms with Crippen molar-refractivity contribution in [3.8, 4) is 5.75 Å². The zero-order chi connectivity index (χ0) is 23.6. The SMILES string of the molecule is O=C(CCCCC1CCSS1)NCc1cn(CCCCOc2ccc3c(=O)ccoc3c2)nn1. The summed E-state index contributed by atoms with van der Waals surface area (Å²) in [7, 11) is 3.96. The van der Waals surface area contributed by atoms with Gasteiger partial charge in [-0.15, -0.1) is 5.10 Å². The first-order valence-electron chi connectivity index (χ1n) is 11.8. The highest BCUT2D eigenvalue weighted by atomic mass is 33.1. The Hall–Kier alpha value is -2.46. The zero-order valence-corrected chi connectivity index (χ0v) is 20.7. The van der Waals surface area contributed by atoms with Gasteiger partial charge in [-0.2, -0.15) is 0 Å². The number of fused-ring (bicyclic) bond motifs is 1. The zero-order valence-electron chi connectivity index (χ0n) is 19.1. The molecule has 1 amide bonds. The molecule has 1 saturated heterocycles. The summed E-state index contributed by atoms with van der Waals surface area (Å²) in [6.45, 7) is 1.70. The molecule has 1 N–H and O–H groups in total. The third-order valence-electron chi connectivity index (χ3n) is 5.64. The van der Waals surface area contributed by atoms with E-state index < -0.39 is 0 Å². The van der Waals surface area contributed by atoms with E-state index in [4.69, 9.17) is 9.15 Å². The molecular formula is C24H30N4O4S2. The number of carbonyl (C=O) groups excluding carboxylic acids is 1. The molecule has 1 aliphatic rings. The Labute approximate surface area is 206 Å². The molecule has 2 aromatic heterocycles. The molecule has 0 bridgehead atoms. The van der Waals surface area contributed by atoms with Crippen LogP contribution in [-0.2, 0) is 17.9 Å². The van der Waals surface area contributed by atoms with Crippen LogP contribution in [0.5, 0.6) is 5.75 Å². The highest BCUT2D eigenvalue weighted by Crippen LogP contribution is 2.39. The van der Waals surface area contributed by atoms with E-state index in [1.807, 2.05) is 27.8 Å². The minimum Gasteiger partial charge on any atom is -0.493 e. The number of hydrogen-bond acceptors (Lipinski definition) is 8. The summed E-state index contributed by atoms with van der Waals surface area (Å²) in [5.41, 5.74) is 1.23. The van der Waals surface area contributed by atoms with Crippen LogP contribution in [0.2, 0.25) is 0 Å². The molecule has 3 aromatic rings. The summed E-state index contributed by atoms with van der Waals surface area (Å²) in [6.07, 6.45) is 10.1.